The van der Waals surface area contributed by atoms with Gasteiger partial charge in [-0.25, -0.2) is 13.1 Å². The van der Waals surface area contributed by atoms with Crippen molar-refractivity contribution in [3.8, 4) is 0 Å². The molecule has 1 aromatic heterocycles. The van der Waals surface area contributed by atoms with Crippen LogP contribution in [-0.4, -0.2) is 23.1 Å². The van der Waals surface area contributed by atoms with Crippen LogP contribution < -0.4 is 4.72 Å². The average molecular weight is 345 g/mol. The van der Waals surface area contributed by atoms with Gasteiger partial charge in [0.1, 0.15) is 9.92 Å². The highest BCUT2D eigenvalue weighted by molar-refractivity contribution is 7.89. The van der Waals surface area contributed by atoms with Gasteiger partial charge in [0.05, 0.1) is 11.1 Å². The lowest BCUT2D eigenvalue weighted by atomic mass is 10.2. The van der Waals surface area contributed by atoms with Gasteiger partial charge in [-0.15, -0.1) is 0 Å². The Bertz CT molecular complexity index is 832. The monoisotopic (exact) mass is 344 g/mol. The number of nitrogens with one attached hydrogen (secondary N) is 1. The number of nitro benzene ring substituents is 1. The van der Waals surface area contributed by atoms with E-state index in [4.69, 9.17) is 11.6 Å². The van der Waals surface area contributed by atoms with Gasteiger partial charge in [0.2, 0.25) is 10.0 Å². The van der Waals surface area contributed by atoms with E-state index < -0.39 is 25.7 Å². The van der Waals surface area contributed by atoms with Gasteiger partial charge in [0.15, 0.2) is 0 Å². The highest BCUT2D eigenvalue weighted by Gasteiger charge is 2.25. The summed E-state index contributed by atoms with van der Waals surface area (Å²) in [5.41, 5.74) is 0.644. The number of aromatic nitrogens is 2. The smallest absolute Gasteiger partial charge is 0.275 e. The maximum Gasteiger partial charge on any atom is 0.289 e. The molecule has 0 radical (unpaired) electrons. The number of aryl methyl sites for hydroxylation is 2. The molecule has 118 valence electrons. The van der Waals surface area contributed by atoms with Crippen LogP contribution in [0.15, 0.2) is 29.4 Å². The van der Waals surface area contributed by atoms with Crippen LogP contribution in [0.3, 0.4) is 0 Å². The first-order valence-electron chi connectivity index (χ1n) is 6.12. The maximum absolute atomic E-state index is 12.3. The molecule has 1 aromatic carbocycles. The Hall–Kier alpha value is -1.97. The predicted molar refractivity (Wildman–Crippen MR) is 80.1 cm³/mol. The highest BCUT2D eigenvalue weighted by Crippen LogP contribution is 2.32. The fourth-order valence-electron chi connectivity index (χ4n) is 1.86. The van der Waals surface area contributed by atoms with E-state index in [2.05, 4.69) is 9.82 Å². The Kier molecular flexibility index (Phi) is 4.50. The Labute approximate surface area is 131 Å². The van der Waals surface area contributed by atoms with Crippen LogP contribution in [0, 0.1) is 17.0 Å². The van der Waals surface area contributed by atoms with Gasteiger partial charge in [0, 0.05) is 31.4 Å². The van der Waals surface area contributed by atoms with Crippen molar-refractivity contribution in [1.29, 1.82) is 0 Å². The van der Waals surface area contributed by atoms with Crippen LogP contribution in [-0.2, 0) is 23.6 Å². The van der Waals surface area contributed by atoms with E-state index >= 15 is 0 Å². The second kappa shape index (κ2) is 6.03. The number of rotatable bonds is 5. The van der Waals surface area contributed by atoms with Gasteiger partial charge in [0.25, 0.3) is 5.69 Å². The highest BCUT2D eigenvalue weighted by atomic mass is 35.5. The van der Waals surface area contributed by atoms with Crippen molar-refractivity contribution in [3.63, 3.8) is 0 Å². The Morgan fingerprint density at radius 3 is 2.68 bits per heavy atom. The van der Waals surface area contributed by atoms with Gasteiger partial charge in [-0.05, 0) is 18.6 Å². The average Bonchev–Trinajstić information content (AvgIpc) is 2.84. The lowest BCUT2D eigenvalue weighted by Gasteiger charge is -2.09. The minimum atomic E-state index is -3.98. The van der Waals surface area contributed by atoms with E-state index in [-0.39, 0.29) is 11.4 Å². The third kappa shape index (κ3) is 3.43. The first-order chi connectivity index (χ1) is 10.2. The molecule has 22 heavy (non-hydrogen) atoms. The molecule has 0 saturated carbocycles. The summed E-state index contributed by atoms with van der Waals surface area (Å²) in [6.45, 7) is 1.57. The number of nitro groups is 1. The molecule has 8 nitrogen and oxygen atoms in total. The summed E-state index contributed by atoms with van der Waals surface area (Å²) in [6, 6.07) is 2.52. The molecule has 2 aromatic rings. The maximum atomic E-state index is 12.3. The van der Waals surface area contributed by atoms with Gasteiger partial charge in [-0.3, -0.25) is 14.8 Å². The molecule has 0 aliphatic rings. The fraction of sp³-hybridized carbons (Fsp3) is 0.250. The summed E-state index contributed by atoms with van der Waals surface area (Å²) < 4.78 is 28.5. The summed E-state index contributed by atoms with van der Waals surface area (Å²) in [5, 5.41) is 14.4. The molecule has 0 aliphatic heterocycles. The molecule has 0 unspecified atom stereocenters. The van der Waals surface area contributed by atoms with Gasteiger partial charge in [-0.1, -0.05) is 11.6 Å². The van der Waals surface area contributed by atoms with E-state index in [1.54, 1.807) is 20.2 Å². The standard InChI is InChI=1S/C12H13ClN4O4S/c1-8-3-10(17(18)19)12(13)11(4-8)22(20,21)15-6-9-5-14-16(2)7-9/h3-5,7,15H,6H2,1-2H3. The number of sulfonamides is 1. The van der Waals surface area contributed by atoms with E-state index in [1.807, 2.05) is 0 Å². The fourth-order valence-corrected chi connectivity index (χ4v) is 3.54. The van der Waals surface area contributed by atoms with Crippen LogP contribution in [0.5, 0.6) is 0 Å². The van der Waals surface area contributed by atoms with Crippen molar-refractivity contribution in [1.82, 2.24) is 14.5 Å². The summed E-state index contributed by atoms with van der Waals surface area (Å²) in [4.78, 5) is 9.90. The van der Waals surface area contributed by atoms with E-state index in [1.165, 1.54) is 23.0 Å². The lowest BCUT2D eigenvalue weighted by Crippen LogP contribution is -2.23. The molecule has 0 saturated heterocycles. The van der Waals surface area contributed by atoms with Crippen LogP contribution in [0.1, 0.15) is 11.1 Å². The normalized spacial score (nSPS) is 11.6. The van der Waals surface area contributed by atoms with Crippen molar-refractivity contribution >= 4 is 27.3 Å². The molecule has 0 atom stereocenters. The van der Waals surface area contributed by atoms with Crippen LogP contribution >= 0.6 is 11.6 Å². The topological polar surface area (TPSA) is 107 Å². The van der Waals surface area contributed by atoms with Crippen LogP contribution in [0.2, 0.25) is 5.02 Å². The second-order valence-electron chi connectivity index (χ2n) is 4.70. The Balaban J connectivity index is 2.35. The zero-order chi connectivity index (χ0) is 16.5. The first kappa shape index (κ1) is 16.4. The van der Waals surface area contributed by atoms with Crippen molar-refractivity contribution in [2.24, 2.45) is 7.05 Å². The van der Waals surface area contributed by atoms with E-state index in [9.17, 15) is 18.5 Å². The lowest BCUT2D eigenvalue weighted by molar-refractivity contribution is -0.385. The zero-order valence-electron chi connectivity index (χ0n) is 11.8. The minimum absolute atomic E-state index is 0.00818. The summed E-state index contributed by atoms with van der Waals surface area (Å²) in [7, 11) is -2.27. The summed E-state index contributed by atoms with van der Waals surface area (Å²) in [6.07, 6.45) is 3.17. The number of halogens is 1. The second-order valence-corrected chi connectivity index (χ2v) is 6.81. The first-order valence-corrected chi connectivity index (χ1v) is 7.98. The molecule has 1 heterocycles. The molecule has 0 amide bonds. The molecule has 1 N–H and O–H groups in total. The van der Waals surface area contributed by atoms with E-state index in [0.29, 0.717) is 11.1 Å². The summed E-state index contributed by atoms with van der Waals surface area (Å²) in [5.74, 6) is 0. The summed E-state index contributed by atoms with van der Waals surface area (Å²) >= 11 is 5.87. The third-order valence-electron chi connectivity index (χ3n) is 2.88. The van der Waals surface area contributed by atoms with Crippen LogP contribution in [0.25, 0.3) is 0 Å². The molecular weight excluding hydrogens is 332 g/mol. The number of hydrogen-bond acceptors (Lipinski definition) is 5. The quantitative estimate of drug-likeness (QED) is 0.657. The van der Waals surface area contributed by atoms with Crippen molar-refractivity contribution < 1.29 is 13.3 Å². The Morgan fingerprint density at radius 1 is 1.45 bits per heavy atom. The van der Waals surface area contributed by atoms with Crippen LogP contribution in [0.4, 0.5) is 5.69 Å². The van der Waals surface area contributed by atoms with Gasteiger partial charge >= 0.3 is 0 Å². The largest absolute Gasteiger partial charge is 0.289 e. The van der Waals surface area contributed by atoms with Gasteiger partial charge < -0.3 is 0 Å². The number of benzene rings is 1. The SMILES string of the molecule is Cc1cc([N+](=O)[O-])c(Cl)c(S(=O)(=O)NCc2cnn(C)c2)c1. The van der Waals surface area contributed by atoms with Gasteiger partial charge in [-0.2, -0.15) is 5.10 Å². The molecule has 10 heteroatoms. The zero-order valence-corrected chi connectivity index (χ0v) is 13.3. The number of nitrogens with zero attached hydrogens (tertiary/aromatic N) is 3. The molecule has 0 fully saturated rings. The molecule has 0 aliphatic carbocycles. The van der Waals surface area contributed by atoms with Crippen molar-refractivity contribution in [2.45, 2.75) is 18.4 Å². The molecule has 0 spiro atoms. The van der Waals surface area contributed by atoms with Crippen molar-refractivity contribution in [3.05, 3.63) is 50.8 Å². The number of hydrogen-bond donors (Lipinski definition) is 1. The van der Waals surface area contributed by atoms with E-state index in [0.717, 1.165) is 0 Å². The predicted octanol–water partition coefficient (Wildman–Crippen LogP) is 1.77. The molecule has 2 rings (SSSR count). The van der Waals surface area contributed by atoms with Crippen molar-refractivity contribution in [2.75, 3.05) is 0 Å². The molecule has 0 bridgehead atoms. The minimum Gasteiger partial charge on any atom is -0.275 e. The third-order valence-corrected chi connectivity index (χ3v) is 4.81. The molecular formula is C12H13ClN4O4S. The Morgan fingerprint density at radius 2 is 2.14 bits per heavy atom.